The van der Waals surface area contributed by atoms with E-state index in [2.05, 4.69) is 10.3 Å². The molecule has 0 aliphatic carbocycles. The third-order valence-electron chi connectivity index (χ3n) is 4.15. The molecule has 1 aliphatic heterocycles. The smallest absolute Gasteiger partial charge is 0.273 e. The quantitative estimate of drug-likeness (QED) is 0.905. The average molecular weight is 313 g/mol. The zero-order valence-corrected chi connectivity index (χ0v) is 13.2. The maximum atomic E-state index is 12.9. The molecule has 1 atom stereocenters. The number of carbonyl (C=O) groups is 2. The summed E-state index contributed by atoms with van der Waals surface area (Å²) in [5.41, 5.74) is -0.628. The topological polar surface area (TPSA) is 71.5 Å². The number of amides is 2. The molecule has 2 heterocycles. The van der Waals surface area contributed by atoms with Crippen molar-refractivity contribution in [1.82, 2.24) is 15.2 Å². The van der Waals surface area contributed by atoms with E-state index in [1.807, 2.05) is 30.3 Å². The van der Waals surface area contributed by atoms with Crippen molar-refractivity contribution >= 4 is 22.6 Å². The zero-order chi connectivity index (χ0) is 16.4. The van der Waals surface area contributed by atoms with Crippen LogP contribution in [0.1, 0.15) is 17.4 Å². The van der Waals surface area contributed by atoms with Gasteiger partial charge in [0.1, 0.15) is 5.69 Å². The van der Waals surface area contributed by atoms with Gasteiger partial charge in [0, 0.05) is 25.2 Å². The molecule has 0 unspecified atom stereocenters. The first-order valence-corrected chi connectivity index (χ1v) is 7.54. The van der Waals surface area contributed by atoms with Gasteiger partial charge in [-0.05, 0) is 18.4 Å². The second-order valence-corrected chi connectivity index (χ2v) is 5.77. The summed E-state index contributed by atoms with van der Waals surface area (Å²) < 4.78 is 5.60. The molecular weight excluding hydrogens is 294 g/mol. The predicted octanol–water partition coefficient (Wildman–Crippen LogP) is 1.21. The number of hydrogen-bond acceptors (Lipinski definition) is 4. The van der Waals surface area contributed by atoms with Gasteiger partial charge in [-0.1, -0.05) is 24.3 Å². The van der Waals surface area contributed by atoms with Gasteiger partial charge in [0.15, 0.2) is 5.60 Å². The number of carbonyl (C=O) groups excluding carboxylic acids is 2. The Kier molecular flexibility index (Phi) is 4.00. The molecule has 1 saturated heterocycles. The number of fused-ring (bicyclic) bond motifs is 1. The van der Waals surface area contributed by atoms with Crippen LogP contribution in [0.25, 0.3) is 10.8 Å². The normalized spacial score (nSPS) is 21.2. The Hall–Kier alpha value is -2.47. The highest BCUT2D eigenvalue weighted by molar-refractivity contribution is 6.05. The van der Waals surface area contributed by atoms with Crippen LogP contribution in [0, 0.1) is 0 Å². The van der Waals surface area contributed by atoms with Gasteiger partial charge in [0.2, 0.25) is 0 Å². The summed E-state index contributed by atoms with van der Waals surface area (Å²) in [6.45, 7) is 2.66. The van der Waals surface area contributed by atoms with Crippen molar-refractivity contribution in [2.24, 2.45) is 0 Å². The highest BCUT2D eigenvalue weighted by Gasteiger charge is 2.40. The van der Waals surface area contributed by atoms with Gasteiger partial charge in [0.05, 0.1) is 13.2 Å². The molecule has 0 bridgehead atoms. The minimum Gasteiger partial charge on any atom is -0.362 e. The molecule has 1 aliphatic rings. The minimum absolute atomic E-state index is 0.180. The number of nitrogens with zero attached hydrogens (tertiary/aromatic N) is 2. The first-order valence-electron chi connectivity index (χ1n) is 7.54. The van der Waals surface area contributed by atoms with Gasteiger partial charge in [-0.2, -0.15) is 0 Å². The van der Waals surface area contributed by atoms with Crippen LogP contribution in [0.5, 0.6) is 0 Å². The summed E-state index contributed by atoms with van der Waals surface area (Å²) in [4.78, 5) is 30.8. The molecule has 1 aromatic heterocycles. The van der Waals surface area contributed by atoms with Crippen LogP contribution in [0.15, 0.2) is 36.5 Å². The second-order valence-electron chi connectivity index (χ2n) is 5.77. The molecule has 0 spiro atoms. The Morgan fingerprint density at radius 1 is 1.30 bits per heavy atom. The number of rotatable bonds is 2. The Morgan fingerprint density at radius 3 is 2.87 bits per heavy atom. The SMILES string of the molecule is CNC(=O)[C@@]1(C)CN(C(=O)c2nccc3ccccc23)CCO1. The maximum absolute atomic E-state index is 12.9. The summed E-state index contributed by atoms with van der Waals surface area (Å²) in [6.07, 6.45) is 1.63. The molecule has 3 rings (SSSR count). The minimum atomic E-state index is -1.03. The molecule has 1 fully saturated rings. The highest BCUT2D eigenvalue weighted by atomic mass is 16.5. The third-order valence-corrected chi connectivity index (χ3v) is 4.15. The van der Waals surface area contributed by atoms with Crippen molar-refractivity contribution in [3.63, 3.8) is 0 Å². The number of nitrogens with one attached hydrogen (secondary N) is 1. The number of ether oxygens (including phenoxy) is 1. The predicted molar refractivity (Wildman–Crippen MR) is 86.1 cm³/mol. The average Bonchev–Trinajstić information content (AvgIpc) is 2.60. The standard InChI is InChI=1S/C17H19N3O3/c1-17(16(22)18-2)11-20(9-10-23-17)15(21)14-13-6-4-3-5-12(13)7-8-19-14/h3-8H,9-11H2,1-2H3,(H,18,22)/t17-/m1/s1. The van der Waals surface area contributed by atoms with Crippen molar-refractivity contribution in [2.45, 2.75) is 12.5 Å². The summed E-state index contributed by atoms with van der Waals surface area (Å²) in [5, 5.41) is 4.37. The molecule has 1 N–H and O–H groups in total. The molecule has 120 valence electrons. The number of morpholine rings is 1. The van der Waals surface area contributed by atoms with E-state index in [9.17, 15) is 9.59 Å². The van der Waals surface area contributed by atoms with Gasteiger partial charge in [-0.25, -0.2) is 0 Å². The van der Waals surface area contributed by atoms with Gasteiger partial charge < -0.3 is 15.0 Å². The van der Waals surface area contributed by atoms with Gasteiger partial charge >= 0.3 is 0 Å². The Labute approximate surface area is 134 Å². The fourth-order valence-corrected chi connectivity index (χ4v) is 2.88. The zero-order valence-electron chi connectivity index (χ0n) is 13.2. The molecule has 6 heteroatoms. The second kappa shape index (κ2) is 5.96. The monoisotopic (exact) mass is 313 g/mol. The number of hydrogen-bond donors (Lipinski definition) is 1. The molecule has 0 radical (unpaired) electrons. The lowest BCUT2D eigenvalue weighted by Crippen LogP contribution is -2.58. The van der Waals surface area contributed by atoms with Crippen molar-refractivity contribution < 1.29 is 14.3 Å². The molecule has 2 aromatic rings. The summed E-state index contributed by atoms with van der Waals surface area (Å²) >= 11 is 0. The van der Waals surface area contributed by atoms with Crippen LogP contribution in [-0.4, -0.2) is 54.0 Å². The Balaban J connectivity index is 1.92. The first kappa shape index (κ1) is 15.4. The Morgan fingerprint density at radius 2 is 2.09 bits per heavy atom. The van der Waals surface area contributed by atoms with Crippen molar-refractivity contribution in [2.75, 3.05) is 26.7 Å². The van der Waals surface area contributed by atoms with Crippen LogP contribution in [0.3, 0.4) is 0 Å². The van der Waals surface area contributed by atoms with Gasteiger partial charge in [0.25, 0.3) is 11.8 Å². The lowest BCUT2D eigenvalue weighted by Gasteiger charge is -2.38. The first-order chi connectivity index (χ1) is 11.0. The van der Waals surface area contributed by atoms with E-state index >= 15 is 0 Å². The van der Waals surface area contributed by atoms with E-state index < -0.39 is 5.60 Å². The summed E-state index contributed by atoms with van der Waals surface area (Å²) in [5.74, 6) is -0.416. The van der Waals surface area contributed by atoms with E-state index in [1.165, 1.54) is 0 Å². The fraction of sp³-hybridized carbons (Fsp3) is 0.353. The fourth-order valence-electron chi connectivity index (χ4n) is 2.88. The van der Waals surface area contributed by atoms with E-state index in [0.717, 1.165) is 10.8 Å². The van der Waals surface area contributed by atoms with E-state index in [0.29, 0.717) is 18.8 Å². The van der Waals surface area contributed by atoms with Crippen molar-refractivity contribution in [1.29, 1.82) is 0 Å². The van der Waals surface area contributed by atoms with Crippen LogP contribution >= 0.6 is 0 Å². The van der Waals surface area contributed by atoms with E-state index in [4.69, 9.17) is 4.74 Å². The lowest BCUT2D eigenvalue weighted by molar-refractivity contribution is -0.153. The summed E-state index contributed by atoms with van der Waals surface area (Å²) in [6, 6.07) is 9.51. The molecule has 2 amide bonds. The van der Waals surface area contributed by atoms with Crippen LogP contribution in [0.4, 0.5) is 0 Å². The molecule has 0 saturated carbocycles. The van der Waals surface area contributed by atoms with Crippen molar-refractivity contribution in [3.8, 4) is 0 Å². The lowest BCUT2D eigenvalue weighted by atomic mass is 10.0. The largest absolute Gasteiger partial charge is 0.362 e. The van der Waals surface area contributed by atoms with E-state index in [-0.39, 0.29) is 18.4 Å². The number of aromatic nitrogens is 1. The number of benzene rings is 1. The van der Waals surface area contributed by atoms with Crippen molar-refractivity contribution in [3.05, 3.63) is 42.2 Å². The summed E-state index contributed by atoms with van der Waals surface area (Å²) in [7, 11) is 1.56. The Bertz CT molecular complexity index is 756. The molecule has 6 nitrogen and oxygen atoms in total. The molecular formula is C17H19N3O3. The van der Waals surface area contributed by atoms with E-state index in [1.54, 1.807) is 25.1 Å². The van der Waals surface area contributed by atoms with Gasteiger partial charge in [-0.3, -0.25) is 14.6 Å². The highest BCUT2D eigenvalue weighted by Crippen LogP contribution is 2.22. The number of likely N-dealkylation sites (N-methyl/N-ethyl adjacent to an activating group) is 1. The van der Waals surface area contributed by atoms with Crippen LogP contribution in [0.2, 0.25) is 0 Å². The molecule has 1 aromatic carbocycles. The maximum Gasteiger partial charge on any atom is 0.273 e. The third kappa shape index (κ3) is 2.77. The van der Waals surface area contributed by atoms with Gasteiger partial charge in [-0.15, -0.1) is 0 Å². The number of pyridine rings is 1. The molecule has 23 heavy (non-hydrogen) atoms. The van der Waals surface area contributed by atoms with Crippen LogP contribution < -0.4 is 5.32 Å². The van der Waals surface area contributed by atoms with Crippen LogP contribution in [-0.2, 0) is 9.53 Å².